The minimum atomic E-state index is -0.571. The van der Waals surface area contributed by atoms with E-state index in [0.29, 0.717) is 24.5 Å². The summed E-state index contributed by atoms with van der Waals surface area (Å²) in [4.78, 5) is 27.8. The number of halogens is 1. The van der Waals surface area contributed by atoms with Crippen molar-refractivity contribution in [1.29, 1.82) is 0 Å². The summed E-state index contributed by atoms with van der Waals surface area (Å²) in [5, 5.41) is 3.59. The molecule has 2 amide bonds. The lowest BCUT2D eigenvalue weighted by atomic mass is 10.0. The fourth-order valence-corrected chi connectivity index (χ4v) is 3.45. The molecule has 0 aliphatic carbocycles. The van der Waals surface area contributed by atoms with Gasteiger partial charge in [0, 0.05) is 23.5 Å². The molecule has 0 fully saturated rings. The van der Waals surface area contributed by atoms with Gasteiger partial charge in [-0.05, 0) is 57.4 Å². The van der Waals surface area contributed by atoms with E-state index in [1.807, 2.05) is 76.2 Å². The SMILES string of the molecule is CC[C@@H](C(=O)NC(C)(C)C)N(Cc1ccccc1Cl)C(=O)CCCOc1ccccc1. The van der Waals surface area contributed by atoms with Gasteiger partial charge in [0.1, 0.15) is 11.8 Å². The molecule has 0 radical (unpaired) electrons. The zero-order valence-corrected chi connectivity index (χ0v) is 19.6. The molecule has 168 valence electrons. The highest BCUT2D eigenvalue weighted by molar-refractivity contribution is 6.31. The van der Waals surface area contributed by atoms with Crippen LogP contribution in [-0.4, -0.2) is 34.9 Å². The number of hydrogen-bond donors (Lipinski definition) is 1. The maximum atomic E-state index is 13.2. The Bertz CT molecular complexity index is 849. The monoisotopic (exact) mass is 444 g/mol. The highest BCUT2D eigenvalue weighted by Gasteiger charge is 2.30. The van der Waals surface area contributed by atoms with E-state index in [-0.39, 0.29) is 30.3 Å². The van der Waals surface area contributed by atoms with Crippen molar-refractivity contribution in [2.45, 2.75) is 65.1 Å². The molecule has 0 aliphatic rings. The van der Waals surface area contributed by atoms with Crippen molar-refractivity contribution in [3.8, 4) is 5.75 Å². The van der Waals surface area contributed by atoms with Crippen LogP contribution in [0.1, 0.15) is 52.5 Å². The molecular formula is C25H33ClN2O3. The van der Waals surface area contributed by atoms with Crippen molar-refractivity contribution in [3.63, 3.8) is 0 Å². The van der Waals surface area contributed by atoms with Gasteiger partial charge in [0.05, 0.1) is 6.61 Å². The van der Waals surface area contributed by atoms with Gasteiger partial charge in [0.15, 0.2) is 0 Å². The van der Waals surface area contributed by atoms with Gasteiger partial charge in [-0.3, -0.25) is 9.59 Å². The molecule has 0 saturated heterocycles. The highest BCUT2D eigenvalue weighted by Crippen LogP contribution is 2.21. The number of nitrogens with zero attached hydrogens (tertiary/aromatic N) is 1. The first kappa shape index (κ1) is 24.7. The smallest absolute Gasteiger partial charge is 0.243 e. The van der Waals surface area contributed by atoms with E-state index in [1.54, 1.807) is 11.0 Å². The Morgan fingerprint density at radius 3 is 2.32 bits per heavy atom. The van der Waals surface area contributed by atoms with Crippen LogP contribution in [0.4, 0.5) is 0 Å². The summed E-state index contributed by atoms with van der Waals surface area (Å²) in [6.45, 7) is 8.42. The summed E-state index contributed by atoms with van der Waals surface area (Å²) in [6.07, 6.45) is 1.36. The minimum Gasteiger partial charge on any atom is -0.494 e. The number of rotatable bonds is 10. The van der Waals surface area contributed by atoms with Gasteiger partial charge in [0.25, 0.3) is 0 Å². The molecule has 0 aliphatic heterocycles. The van der Waals surface area contributed by atoms with E-state index >= 15 is 0 Å². The molecule has 0 bridgehead atoms. The van der Waals surface area contributed by atoms with E-state index in [2.05, 4.69) is 5.32 Å². The first-order chi connectivity index (χ1) is 14.7. The van der Waals surface area contributed by atoms with Crippen molar-refractivity contribution >= 4 is 23.4 Å². The highest BCUT2D eigenvalue weighted by atomic mass is 35.5. The van der Waals surface area contributed by atoms with Gasteiger partial charge < -0.3 is 15.0 Å². The zero-order chi connectivity index (χ0) is 22.9. The second-order valence-electron chi connectivity index (χ2n) is 8.54. The van der Waals surface area contributed by atoms with Crippen LogP contribution in [0.2, 0.25) is 5.02 Å². The molecule has 2 rings (SSSR count). The molecule has 0 unspecified atom stereocenters. The molecular weight excluding hydrogens is 412 g/mol. The molecule has 0 saturated carbocycles. The minimum absolute atomic E-state index is 0.0903. The van der Waals surface area contributed by atoms with Gasteiger partial charge in [-0.15, -0.1) is 0 Å². The maximum absolute atomic E-state index is 13.2. The molecule has 0 heterocycles. The summed E-state index contributed by atoms with van der Waals surface area (Å²) in [5.41, 5.74) is 0.438. The third-order valence-corrected chi connectivity index (χ3v) is 5.10. The number of carbonyl (C=O) groups is 2. The normalized spacial score (nSPS) is 12.2. The first-order valence-electron chi connectivity index (χ1n) is 10.7. The summed E-state index contributed by atoms with van der Waals surface area (Å²) < 4.78 is 5.70. The van der Waals surface area contributed by atoms with Crippen molar-refractivity contribution in [3.05, 3.63) is 65.2 Å². The number of hydrogen-bond acceptors (Lipinski definition) is 3. The molecule has 1 N–H and O–H groups in total. The Labute approximate surface area is 190 Å². The first-order valence-corrected chi connectivity index (χ1v) is 11.1. The van der Waals surface area contributed by atoms with Gasteiger partial charge >= 0.3 is 0 Å². The van der Waals surface area contributed by atoms with Gasteiger partial charge in [-0.25, -0.2) is 0 Å². The van der Waals surface area contributed by atoms with Crippen LogP contribution >= 0.6 is 11.6 Å². The van der Waals surface area contributed by atoms with Crippen LogP contribution in [0.3, 0.4) is 0 Å². The summed E-state index contributed by atoms with van der Waals surface area (Å²) in [6, 6.07) is 16.4. The van der Waals surface area contributed by atoms with Crippen LogP contribution in [0.15, 0.2) is 54.6 Å². The average Bonchev–Trinajstić information content (AvgIpc) is 2.71. The fourth-order valence-electron chi connectivity index (χ4n) is 3.26. The fraction of sp³-hybridized carbons (Fsp3) is 0.440. The number of nitrogens with one attached hydrogen (secondary N) is 1. The predicted molar refractivity (Wildman–Crippen MR) is 125 cm³/mol. The maximum Gasteiger partial charge on any atom is 0.243 e. The Hall–Kier alpha value is -2.53. The Morgan fingerprint density at radius 1 is 1.06 bits per heavy atom. The number of amides is 2. The molecule has 2 aromatic carbocycles. The van der Waals surface area contributed by atoms with Crippen molar-refractivity contribution in [2.24, 2.45) is 0 Å². The van der Waals surface area contributed by atoms with Crippen LogP contribution < -0.4 is 10.1 Å². The lowest BCUT2D eigenvalue weighted by Crippen LogP contribution is -2.53. The molecule has 5 nitrogen and oxygen atoms in total. The molecule has 31 heavy (non-hydrogen) atoms. The van der Waals surface area contributed by atoms with E-state index in [0.717, 1.165) is 11.3 Å². The summed E-state index contributed by atoms with van der Waals surface area (Å²) >= 11 is 6.34. The van der Waals surface area contributed by atoms with E-state index in [4.69, 9.17) is 16.3 Å². The summed E-state index contributed by atoms with van der Waals surface area (Å²) in [7, 11) is 0. The average molecular weight is 445 g/mol. The third-order valence-electron chi connectivity index (χ3n) is 4.73. The second kappa shape index (κ2) is 11.8. The van der Waals surface area contributed by atoms with Crippen LogP contribution in [-0.2, 0) is 16.1 Å². The number of para-hydroxylation sites is 1. The van der Waals surface area contributed by atoms with Crippen molar-refractivity contribution < 1.29 is 14.3 Å². The van der Waals surface area contributed by atoms with Crippen molar-refractivity contribution in [2.75, 3.05) is 6.61 Å². The Kier molecular flexibility index (Phi) is 9.38. The van der Waals surface area contributed by atoms with Crippen molar-refractivity contribution in [1.82, 2.24) is 10.2 Å². The van der Waals surface area contributed by atoms with Crippen LogP contribution in [0.5, 0.6) is 5.75 Å². The molecule has 2 aromatic rings. The van der Waals surface area contributed by atoms with E-state index < -0.39 is 6.04 Å². The van der Waals surface area contributed by atoms with Crippen LogP contribution in [0, 0.1) is 0 Å². The quantitative estimate of drug-likeness (QED) is 0.511. The Balaban J connectivity index is 2.10. The third kappa shape index (κ3) is 8.25. The predicted octanol–water partition coefficient (Wildman–Crippen LogP) is 5.22. The number of benzene rings is 2. The van der Waals surface area contributed by atoms with E-state index in [9.17, 15) is 9.59 Å². The second-order valence-corrected chi connectivity index (χ2v) is 8.95. The Morgan fingerprint density at radius 2 is 1.71 bits per heavy atom. The standard InChI is InChI=1S/C25H33ClN2O3/c1-5-22(24(30)27-25(2,3)4)28(18-19-12-9-10-15-21(19)26)23(29)16-11-17-31-20-13-7-6-8-14-20/h6-10,12-15,22H,5,11,16-18H2,1-4H3,(H,27,30)/t22-/m0/s1. The van der Waals surface area contributed by atoms with Gasteiger partial charge in [-0.1, -0.05) is 54.9 Å². The lowest BCUT2D eigenvalue weighted by molar-refractivity contribution is -0.142. The number of carbonyl (C=O) groups excluding carboxylic acids is 2. The van der Waals surface area contributed by atoms with Gasteiger partial charge in [0.2, 0.25) is 11.8 Å². The van der Waals surface area contributed by atoms with Crippen LogP contribution in [0.25, 0.3) is 0 Å². The molecule has 0 spiro atoms. The van der Waals surface area contributed by atoms with Gasteiger partial charge in [-0.2, -0.15) is 0 Å². The zero-order valence-electron chi connectivity index (χ0n) is 18.9. The topological polar surface area (TPSA) is 58.6 Å². The molecule has 0 aromatic heterocycles. The summed E-state index contributed by atoms with van der Waals surface area (Å²) in [5.74, 6) is 0.530. The van der Waals surface area contributed by atoms with E-state index in [1.165, 1.54) is 0 Å². The lowest BCUT2D eigenvalue weighted by Gasteiger charge is -2.33. The molecule has 6 heteroatoms. The largest absolute Gasteiger partial charge is 0.494 e. The number of ether oxygens (including phenoxy) is 1. The molecule has 1 atom stereocenters.